The van der Waals surface area contributed by atoms with Gasteiger partial charge in [0, 0.05) is 5.39 Å². The van der Waals surface area contributed by atoms with Gasteiger partial charge in [-0.3, -0.25) is 0 Å². The van der Waals surface area contributed by atoms with Crippen LogP contribution in [-0.4, -0.2) is 10.2 Å². The molecule has 0 aliphatic carbocycles. The Morgan fingerprint density at radius 3 is 2.41 bits per heavy atom. The van der Waals surface area contributed by atoms with E-state index in [2.05, 4.69) is 10.2 Å². The Morgan fingerprint density at radius 2 is 1.64 bits per heavy atom. The fourth-order valence-electron chi connectivity index (χ4n) is 2.39. The summed E-state index contributed by atoms with van der Waals surface area (Å²) in [5.41, 5.74) is 2.66. The molecule has 0 aromatic heterocycles. The van der Waals surface area contributed by atoms with Gasteiger partial charge in [-0.25, -0.2) is 0 Å². The molecule has 0 radical (unpaired) electrons. The molecule has 3 rings (SSSR count). The first kappa shape index (κ1) is 14.1. The lowest BCUT2D eigenvalue weighted by Gasteiger charge is -2.08. The van der Waals surface area contributed by atoms with Gasteiger partial charge in [0.2, 0.25) is 0 Å². The van der Waals surface area contributed by atoms with Crippen LogP contribution in [0.15, 0.2) is 58.8 Å². The first-order valence-electron chi connectivity index (χ1n) is 6.99. The Morgan fingerprint density at radius 1 is 0.864 bits per heavy atom. The number of phenolic OH excluding ortho intramolecular Hbond substituents is 2. The van der Waals surface area contributed by atoms with Crippen LogP contribution in [0.3, 0.4) is 0 Å². The van der Waals surface area contributed by atoms with Crippen LogP contribution < -0.4 is 0 Å². The van der Waals surface area contributed by atoms with E-state index in [4.69, 9.17) is 0 Å². The Kier molecular flexibility index (Phi) is 3.51. The minimum Gasteiger partial charge on any atom is -0.506 e. The SMILES string of the molecule is Cc1ccc2c(N=Nc3ccccc3O)c(O)c(C)cc2c1. The molecule has 0 fully saturated rings. The molecule has 3 aromatic rings. The van der Waals surface area contributed by atoms with Gasteiger partial charge in [0.15, 0.2) is 0 Å². The highest BCUT2D eigenvalue weighted by Crippen LogP contribution is 2.39. The molecule has 4 heteroatoms. The zero-order valence-electron chi connectivity index (χ0n) is 12.4. The number of fused-ring (bicyclic) bond motifs is 1. The third-order valence-electron chi connectivity index (χ3n) is 3.57. The van der Waals surface area contributed by atoms with Crippen molar-refractivity contribution < 1.29 is 10.2 Å². The molecule has 3 aromatic carbocycles. The van der Waals surface area contributed by atoms with Crippen LogP contribution in [0.2, 0.25) is 0 Å². The number of hydrogen-bond donors (Lipinski definition) is 2. The molecule has 2 N–H and O–H groups in total. The average Bonchev–Trinajstić information content (AvgIpc) is 2.49. The van der Waals surface area contributed by atoms with Gasteiger partial charge in [0.25, 0.3) is 0 Å². The molecule has 0 atom stereocenters. The molecule has 110 valence electrons. The summed E-state index contributed by atoms with van der Waals surface area (Å²) >= 11 is 0. The van der Waals surface area contributed by atoms with Gasteiger partial charge in [-0.15, -0.1) is 10.2 Å². The third-order valence-corrected chi connectivity index (χ3v) is 3.57. The van der Waals surface area contributed by atoms with Crippen molar-refractivity contribution >= 4 is 22.1 Å². The second-order valence-corrected chi connectivity index (χ2v) is 5.30. The fourth-order valence-corrected chi connectivity index (χ4v) is 2.39. The minimum atomic E-state index is 0.0542. The number of phenols is 2. The van der Waals surface area contributed by atoms with Crippen LogP contribution in [0.25, 0.3) is 10.8 Å². The molecule has 0 bridgehead atoms. The second-order valence-electron chi connectivity index (χ2n) is 5.30. The van der Waals surface area contributed by atoms with Crippen molar-refractivity contribution in [1.82, 2.24) is 0 Å². The summed E-state index contributed by atoms with van der Waals surface area (Å²) in [5, 5.41) is 30.1. The Hall–Kier alpha value is -2.88. The highest BCUT2D eigenvalue weighted by molar-refractivity contribution is 5.96. The summed E-state index contributed by atoms with van der Waals surface area (Å²) in [5.74, 6) is 0.161. The Balaban J connectivity index is 2.18. The maximum atomic E-state index is 10.3. The molecule has 0 saturated heterocycles. The lowest BCUT2D eigenvalue weighted by atomic mass is 10.0. The molecular weight excluding hydrogens is 276 g/mol. The van der Waals surface area contributed by atoms with Crippen molar-refractivity contribution in [1.29, 1.82) is 0 Å². The Labute approximate surface area is 128 Å². The lowest BCUT2D eigenvalue weighted by Crippen LogP contribution is -1.82. The van der Waals surface area contributed by atoms with E-state index in [1.807, 2.05) is 38.1 Å². The van der Waals surface area contributed by atoms with Crippen molar-refractivity contribution in [3.63, 3.8) is 0 Å². The smallest absolute Gasteiger partial charge is 0.146 e. The maximum Gasteiger partial charge on any atom is 0.146 e. The van der Waals surface area contributed by atoms with Crippen LogP contribution >= 0.6 is 0 Å². The van der Waals surface area contributed by atoms with E-state index in [9.17, 15) is 10.2 Å². The van der Waals surface area contributed by atoms with E-state index in [1.165, 1.54) is 0 Å². The van der Waals surface area contributed by atoms with Crippen molar-refractivity contribution in [2.24, 2.45) is 10.2 Å². The van der Waals surface area contributed by atoms with Gasteiger partial charge in [-0.1, -0.05) is 35.9 Å². The Bertz CT molecular complexity index is 886. The van der Waals surface area contributed by atoms with Gasteiger partial charge in [-0.2, -0.15) is 0 Å². The quantitative estimate of drug-likeness (QED) is 0.631. The van der Waals surface area contributed by atoms with E-state index in [1.54, 1.807) is 24.3 Å². The highest BCUT2D eigenvalue weighted by atomic mass is 16.3. The normalized spacial score (nSPS) is 11.4. The second kappa shape index (κ2) is 5.48. The predicted octanol–water partition coefficient (Wildman–Crippen LogP) is 5.28. The molecule has 0 aliphatic rings. The summed E-state index contributed by atoms with van der Waals surface area (Å²) in [6.07, 6.45) is 0. The molecule has 4 nitrogen and oxygen atoms in total. The van der Waals surface area contributed by atoms with Gasteiger partial charge >= 0.3 is 0 Å². The predicted molar refractivity (Wildman–Crippen MR) is 87.4 cm³/mol. The van der Waals surface area contributed by atoms with Crippen molar-refractivity contribution in [3.8, 4) is 11.5 Å². The zero-order chi connectivity index (χ0) is 15.7. The summed E-state index contributed by atoms with van der Waals surface area (Å²) < 4.78 is 0. The standard InChI is InChI=1S/C18H16N2O2/c1-11-7-8-14-13(9-11)10-12(2)18(22)17(14)20-19-15-5-3-4-6-16(15)21/h3-10,21-22H,1-2H3. The lowest BCUT2D eigenvalue weighted by molar-refractivity contribution is 0.472. The van der Waals surface area contributed by atoms with Crippen molar-refractivity contribution in [2.45, 2.75) is 13.8 Å². The van der Waals surface area contributed by atoms with Gasteiger partial charge < -0.3 is 10.2 Å². The van der Waals surface area contributed by atoms with Gasteiger partial charge in [-0.05, 0) is 43.0 Å². The number of nitrogens with zero attached hydrogens (tertiary/aromatic N) is 2. The first-order chi connectivity index (χ1) is 10.6. The number of aryl methyl sites for hydroxylation is 2. The van der Waals surface area contributed by atoms with E-state index in [0.717, 1.165) is 21.9 Å². The van der Waals surface area contributed by atoms with Crippen molar-refractivity contribution in [3.05, 3.63) is 59.7 Å². The van der Waals surface area contributed by atoms with Crippen LogP contribution in [-0.2, 0) is 0 Å². The van der Waals surface area contributed by atoms with Crippen LogP contribution in [0.4, 0.5) is 11.4 Å². The van der Waals surface area contributed by atoms with Crippen LogP contribution in [0.1, 0.15) is 11.1 Å². The molecular formula is C18H16N2O2. The van der Waals surface area contributed by atoms with E-state index >= 15 is 0 Å². The maximum absolute atomic E-state index is 10.3. The van der Waals surface area contributed by atoms with Crippen LogP contribution in [0, 0.1) is 13.8 Å². The third kappa shape index (κ3) is 2.51. The number of azo groups is 1. The molecule has 0 heterocycles. The summed E-state index contributed by atoms with van der Waals surface area (Å²) in [6.45, 7) is 3.85. The molecule has 22 heavy (non-hydrogen) atoms. The van der Waals surface area contributed by atoms with Gasteiger partial charge in [0.1, 0.15) is 22.9 Å². The number of benzene rings is 3. The minimum absolute atomic E-state index is 0.0542. The molecule has 0 aliphatic heterocycles. The molecule has 0 unspecified atom stereocenters. The summed E-state index contributed by atoms with van der Waals surface area (Å²) in [7, 11) is 0. The van der Waals surface area contributed by atoms with Crippen molar-refractivity contribution in [2.75, 3.05) is 0 Å². The summed E-state index contributed by atoms with van der Waals surface area (Å²) in [4.78, 5) is 0. The monoisotopic (exact) mass is 292 g/mol. The first-order valence-corrected chi connectivity index (χ1v) is 6.99. The molecule has 0 spiro atoms. The molecule has 0 amide bonds. The zero-order valence-corrected chi connectivity index (χ0v) is 12.4. The van der Waals surface area contributed by atoms with Crippen LogP contribution in [0.5, 0.6) is 11.5 Å². The number of hydrogen-bond acceptors (Lipinski definition) is 4. The molecule has 0 saturated carbocycles. The largest absolute Gasteiger partial charge is 0.506 e. The van der Waals surface area contributed by atoms with Gasteiger partial charge in [0.05, 0.1) is 0 Å². The number of rotatable bonds is 2. The van der Waals surface area contributed by atoms with E-state index in [0.29, 0.717) is 11.4 Å². The number of aromatic hydroxyl groups is 2. The van der Waals surface area contributed by atoms with E-state index < -0.39 is 0 Å². The topological polar surface area (TPSA) is 65.2 Å². The fraction of sp³-hybridized carbons (Fsp3) is 0.111. The number of para-hydroxylation sites is 1. The summed E-state index contributed by atoms with van der Waals surface area (Å²) in [6, 6.07) is 14.6. The average molecular weight is 292 g/mol. The highest BCUT2D eigenvalue weighted by Gasteiger charge is 2.10. The van der Waals surface area contributed by atoms with E-state index in [-0.39, 0.29) is 11.5 Å².